The Kier molecular flexibility index (Phi) is 6.49. The van der Waals surface area contributed by atoms with Crippen LogP contribution in [0.2, 0.25) is 0 Å². The summed E-state index contributed by atoms with van der Waals surface area (Å²) in [7, 11) is 0. The van der Waals surface area contributed by atoms with Gasteiger partial charge in [-0.1, -0.05) is 32.2 Å². The maximum atomic E-state index is 12.5. The average Bonchev–Trinajstić information content (AvgIpc) is 2.67. The van der Waals surface area contributed by atoms with Crippen LogP contribution in [0.25, 0.3) is 0 Å². The van der Waals surface area contributed by atoms with Gasteiger partial charge in [-0.2, -0.15) is 0 Å². The normalized spacial score (nSPS) is 12.0. The molecule has 0 radical (unpaired) electrons. The average molecular weight is 396 g/mol. The summed E-state index contributed by atoms with van der Waals surface area (Å²) in [5.41, 5.74) is 1.22. The maximum absolute atomic E-state index is 12.5. The zero-order valence-electron chi connectivity index (χ0n) is 16.6. The Morgan fingerprint density at radius 3 is 1.59 bits per heavy atom. The lowest BCUT2D eigenvalue weighted by Crippen LogP contribution is -2.42. The van der Waals surface area contributed by atoms with Crippen LogP contribution in [-0.2, 0) is 24.8 Å². The predicted molar refractivity (Wildman–Crippen MR) is 108 cm³/mol. The van der Waals surface area contributed by atoms with Crippen molar-refractivity contribution in [1.82, 2.24) is 0 Å². The Morgan fingerprint density at radius 1 is 0.828 bits per heavy atom. The molecule has 0 amide bonds. The molecule has 1 atom stereocenters. The molecule has 0 fully saturated rings. The summed E-state index contributed by atoms with van der Waals surface area (Å²) in [5, 5.41) is 19.3. The molecular formula is C23H24O6. The van der Waals surface area contributed by atoms with Crippen LogP contribution in [0.1, 0.15) is 37.8 Å². The highest BCUT2D eigenvalue weighted by molar-refractivity contribution is 5.89. The molecule has 6 heteroatoms. The summed E-state index contributed by atoms with van der Waals surface area (Å²) in [4.78, 5) is 25.0. The first kappa shape index (κ1) is 21.8. The summed E-state index contributed by atoms with van der Waals surface area (Å²) in [6, 6.07) is 12.0. The molecule has 0 aliphatic heterocycles. The highest BCUT2D eigenvalue weighted by Gasteiger charge is 2.47. The maximum Gasteiger partial charge on any atom is 0.336 e. The van der Waals surface area contributed by atoms with E-state index in [1.165, 1.54) is 50.2 Å². The molecule has 2 aromatic carbocycles. The van der Waals surface area contributed by atoms with E-state index in [-0.39, 0.29) is 22.6 Å². The van der Waals surface area contributed by atoms with E-state index in [1.807, 2.05) is 0 Å². The van der Waals surface area contributed by atoms with Gasteiger partial charge in [-0.3, -0.25) is 0 Å². The topological polar surface area (TPSA) is 93.1 Å². The summed E-state index contributed by atoms with van der Waals surface area (Å²) < 4.78 is 11.5. The molecule has 0 bridgehead atoms. The van der Waals surface area contributed by atoms with Gasteiger partial charge in [0.15, 0.2) is 0 Å². The van der Waals surface area contributed by atoms with Crippen LogP contribution in [-0.4, -0.2) is 22.2 Å². The molecule has 1 unspecified atom stereocenters. The molecule has 2 rings (SSSR count). The number of hydrogen-bond acceptors (Lipinski definition) is 6. The van der Waals surface area contributed by atoms with E-state index in [0.717, 1.165) is 0 Å². The van der Waals surface area contributed by atoms with Crippen molar-refractivity contribution in [3.05, 3.63) is 84.0 Å². The standard InChI is InChI=1S/C23H24O6/c1-14(2)21(26)28-23(29-22(27)15(3)4,18-8-12-20(25)13-9-18)16(5)17-6-10-19(24)11-7-17/h6-13,16,24-25H,1,3H2,2,4-5H3. The molecule has 29 heavy (non-hydrogen) atoms. The third kappa shape index (κ3) is 4.85. The molecular weight excluding hydrogens is 372 g/mol. The van der Waals surface area contributed by atoms with E-state index in [0.29, 0.717) is 11.1 Å². The number of carbonyl (C=O) groups excluding carboxylic acids is 2. The van der Waals surface area contributed by atoms with Gasteiger partial charge in [0.1, 0.15) is 11.5 Å². The van der Waals surface area contributed by atoms with Crippen molar-refractivity contribution in [2.75, 3.05) is 0 Å². The summed E-state index contributed by atoms with van der Waals surface area (Å²) in [6.45, 7) is 11.9. The number of esters is 2. The first-order valence-corrected chi connectivity index (χ1v) is 8.93. The van der Waals surface area contributed by atoms with Crippen LogP contribution in [0.3, 0.4) is 0 Å². The Balaban J connectivity index is 2.71. The largest absolute Gasteiger partial charge is 0.508 e. The van der Waals surface area contributed by atoms with Crippen molar-refractivity contribution in [2.45, 2.75) is 32.5 Å². The lowest BCUT2D eigenvalue weighted by atomic mass is 9.86. The molecule has 0 saturated heterocycles. The van der Waals surface area contributed by atoms with Gasteiger partial charge in [-0.05, 0) is 55.8 Å². The molecule has 152 valence electrons. The number of benzene rings is 2. The fourth-order valence-electron chi connectivity index (χ4n) is 2.69. The van der Waals surface area contributed by atoms with Crippen molar-refractivity contribution in [3.8, 4) is 11.5 Å². The van der Waals surface area contributed by atoms with Crippen LogP contribution < -0.4 is 0 Å². The van der Waals surface area contributed by atoms with E-state index < -0.39 is 23.6 Å². The Morgan fingerprint density at radius 2 is 1.21 bits per heavy atom. The number of carbonyl (C=O) groups is 2. The van der Waals surface area contributed by atoms with Gasteiger partial charge in [0.2, 0.25) is 0 Å². The number of phenols is 2. The number of rotatable bonds is 7. The second kappa shape index (κ2) is 8.65. The van der Waals surface area contributed by atoms with Crippen molar-refractivity contribution in [2.24, 2.45) is 0 Å². The van der Waals surface area contributed by atoms with Gasteiger partial charge >= 0.3 is 11.9 Å². The minimum atomic E-state index is -1.86. The molecule has 0 heterocycles. The summed E-state index contributed by atoms with van der Waals surface area (Å²) in [6.07, 6.45) is 0. The van der Waals surface area contributed by atoms with Crippen LogP contribution in [0.4, 0.5) is 0 Å². The molecule has 2 N–H and O–H groups in total. The molecule has 6 nitrogen and oxygen atoms in total. The predicted octanol–water partition coefficient (Wildman–Crippen LogP) is 4.29. The second-order valence-electron chi connectivity index (χ2n) is 6.87. The van der Waals surface area contributed by atoms with E-state index in [4.69, 9.17) is 9.47 Å². The third-order valence-electron chi connectivity index (χ3n) is 4.42. The number of ether oxygens (including phenoxy) is 2. The van der Waals surface area contributed by atoms with Gasteiger partial charge in [0, 0.05) is 16.7 Å². The van der Waals surface area contributed by atoms with E-state index in [2.05, 4.69) is 13.2 Å². The highest BCUT2D eigenvalue weighted by atomic mass is 16.7. The van der Waals surface area contributed by atoms with E-state index in [9.17, 15) is 19.8 Å². The van der Waals surface area contributed by atoms with Crippen molar-refractivity contribution in [3.63, 3.8) is 0 Å². The van der Waals surface area contributed by atoms with Gasteiger partial charge < -0.3 is 19.7 Å². The van der Waals surface area contributed by atoms with Gasteiger partial charge in [0.05, 0.1) is 5.92 Å². The van der Waals surface area contributed by atoms with Crippen molar-refractivity contribution >= 4 is 11.9 Å². The highest BCUT2D eigenvalue weighted by Crippen LogP contribution is 2.43. The zero-order chi connectivity index (χ0) is 21.8. The monoisotopic (exact) mass is 396 g/mol. The third-order valence-corrected chi connectivity index (χ3v) is 4.42. The van der Waals surface area contributed by atoms with Crippen LogP contribution >= 0.6 is 0 Å². The van der Waals surface area contributed by atoms with E-state index in [1.54, 1.807) is 19.1 Å². The number of hydrogen-bond donors (Lipinski definition) is 2. The zero-order valence-corrected chi connectivity index (χ0v) is 16.6. The Labute approximate surface area is 169 Å². The van der Waals surface area contributed by atoms with Gasteiger partial charge in [-0.15, -0.1) is 0 Å². The van der Waals surface area contributed by atoms with Gasteiger partial charge in [-0.25, -0.2) is 9.59 Å². The Hall–Kier alpha value is -3.54. The molecule has 0 aliphatic rings. The molecule has 2 aromatic rings. The second-order valence-corrected chi connectivity index (χ2v) is 6.87. The molecule has 0 spiro atoms. The fourth-order valence-corrected chi connectivity index (χ4v) is 2.69. The molecule has 0 saturated carbocycles. The fraction of sp³-hybridized carbons (Fsp3) is 0.217. The Bertz CT molecular complexity index is 897. The molecule has 0 aromatic heterocycles. The molecule has 0 aliphatic carbocycles. The smallest absolute Gasteiger partial charge is 0.336 e. The quantitative estimate of drug-likeness (QED) is 0.412. The lowest BCUT2D eigenvalue weighted by molar-refractivity contribution is -0.237. The van der Waals surface area contributed by atoms with Crippen LogP contribution in [0.5, 0.6) is 11.5 Å². The van der Waals surface area contributed by atoms with Crippen LogP contribution in [0.15, 0.2) is 72.8 Å². The summed E-state index contributed by atoms with van der Waals surface area (Å²) >= 11 is 0. The van der Waals surface area contributed by atoms with E-state index >= 15 is 0 Å². The first-order valence-electron chi connectivity index (χ1n) is 8.93. The van der Waals surface area contributed by atoms with Crippen LogP contribution in [0, 0.1) is 0 Å². The number of phenolic OH excluding ortho intramolecular Hbond substituents is 2. The SMILES string of the molecule is C=C(C)C(=O)OC(OC(=O)C(=C)C)(c1ccc(O)cc1)C(C)c1ccc(O)cc1. The van der Waals surface area contributed by atoms with Crippen molar-refractivity contribution in [1.29, 1.82) is 0 Å². The van der Waals surface area contributed by atoms with Gasteiger partial charge in [0.25, 0.3) is 5.79 Å². The summed E-state index contributed by atoms with van der Waals surface area (Å²) in [5.74, 6) is -3.99. The lowest BCUT2D eigenvalue weighted by Gasteiger charge is -2.38. The van der Waals surface area contributed by atoms with Crippen molar-refractivity contribution < 1.29 is 29.3 Å². The number of aromatic hydroxyl groups is 2. The minimum absolute atomic E-state index is 0.00241. The minimum Gasteiger partial charge on any atom is -0.508 e. The first-order chi connectivity index (χ1) is 13.6.